The summed E-state index contributed by atoms with van der Waals surface area (Å²) in [4.78, 5) is 30.7. The lowest BCUT2D eigenvalue weighted by molar-refractivity contribution is -0.139. The van der Waals surface area contributed by atoms with Gasteiger partial charge in [0, 0.05) is 43.5 Å². The monoisotopic (exact) mass is 411 g/mol. The van der Waals surface area contributed by atoms with E-state index < -0.39 is 6.10 Å². The second-order valence-electron chi connectivity index (χ2n) is 7.63. The number of aryl methyl sites for hydroxylation is 2. The van der Waals surface area contributed by atoms with Gasteiger partial charge in [0.2, 0.25) is 5.89 Å². The van der Waals surface area contributed by atoms with Crippen molar-refractivity contribution in [3.05, 3.63) is 52.0 Å². The van der Waals surface area contributed by atoms with E-state index in [4.69, 9.17) is 13.7 Å². The van der Waals surface area contributed by atoms with Crippen molar-refractivity contribution in [2.24, 2.45) is 0 Å². The molecule has 1 aliphatic heterocycles. The standard InChI is InChI=1S/C22H25N3O5/c1-4-15-11-20(26)29-19-12-17(5-6-18(15)19)28-13(2)22(27)25-9-7-16(8-10-25)21-23-14(3)30-24-21/h5-6,11-13,16H,4,7-10H2,1-3H3. The molecule has 1 saturated heterocycles. The molecule has 8 heteroatoms. The molecule has 0 aliphatic carbocycles. The largest absolute Gasteiger partial charge is 0.481 e. The van der Waals surface area contributed by atoms with E-state index in [-0.39, 0.29) is 17.5 Å². The summed E-state index contributed by atoms with van der Waals surface area (Å²) in [5.41, 5.74) is 1.00. The second kappa shape index (κ2) is 8.30. The van der Waals surface area contributed by atoms with Crippen LogP contribution < -0.4 is 10.4 Å². The average Bonchev–Trinajstić information content (AvgIpc) is 3.18. The van der Waals surface area contributed by atoms with E-state index in [2.05, 4.69) is 10.1 Å². The maximum atomic E-state index is 12.8. The van der Waals surface area contributed by atoms with Gasteiger partial charge in [0.15, 0.2) is 11.9 Å². The third kappa shape index (κ3) is 4.08. The van der Waals surface area contributed by atoms with E-state index in [1.807, 2.05) is 17.9 Å². The molecular formula is C22H25N3O5. The van der Waals surface area contributed by atoms with Crippen LogP contribution in [0, 0.1) is 6.92 Å². The molecule has 2 aromatic heterocycles. The molecule has 158 valence electrons. The van der Waals surface area contributed by atoms with Crippen molar-refractivity contribution in [2.75, 3.05) is 13.1 Å². The van der Waals surface area contributed by atoms with Crippen LogP contribution in [0.4, 0.5) is 0 Å². The number of carbonyl (C=O) groups excluding carboxylic acids is 1. The minimum absolute atomic E-state index is 0.0680. The summed E-state index contributed by atoms with van der Waals surface area (Å²) in [6.45, 7) is 6.74. The second-order valence-corrected chi connectivity index (χ2v) is 7.63. The van der Waals surface area contributed by atoms with E-state index in [1.54, 1.807) is 26.0 Å². The van der Waals surface area contributed by atoms with Gasteiger partial charge in [0.25, 0.3) is 5.91 Å². The van der Waals surface area contributed by atoms with Crippen LogP contribution in [0.5, 0.6) is 5.75 Å². The molecule has 1 aliphatic rings. The molecular weight excluding hydrogens is 386 g/mol. The molecule has 0 bridgehead atoms. The Morgan fingerprint density at radius 2 is 2.07 bits per heavy atom. The lowest BCUT2D eigenvalue weighted by Gasteiger charge is -2.32. The van der Waals surface area contributed by atoms with Gasteiger partial charge in [-0.1, -0.05) is 12.1 Å². The molecule has 1 unspecified atom stereocenters. The number of rotatable bonds is 5. The summed E-state index contributed by atoms with van der Waals surface area (Å²) in [5.74, 6) is 1.91. The third-order valence-corrected chi connectivity index (χ3v) is 5.56. The predicted molar refractivity (Wildman–Crippen MR) is 110 cm³/mol. The van der Waals surface area contributed by atoms with E-state index in [1.165, 1.54) is 6.07 Å². The first-order valence-electron chi connectivity index (χ1n) is 10.3. The van der Waals surface area contributed by atoms with Crippen molar-refractivity contribution in [3.8, 4) is 5.75 Å². The molecule has 8 nitrogen and oxygen atoms in total. The fraction of sp³-hybridized carbons (Fsp3) is 0.455. The minimum atomic E-state index is -0.646. The van der Waals surface area contributed by atoms with Crippen molar-refractivity contribution in [1.29, 1.82) is 0 Å². The maximum Gasteiger partial charge on any atom is 0.336 e. The van der Waals surface area contributed by atoms with E-state index >= 15 is 0 Å². The highest BCUT2D eigenvalue weighted by atomic mass is 16.5. The number of hydrogen-bond acceptors (Lipinski definition) is 7. The van der Waals surface area contributed by atoms with Crippen LogP contribution >= 0.6 is 0 Å². The number of hydrogen-bond donors (Lipinski definition) is 0. The molecule has 0 radical (unpaired) electrons. The van der Waals surface area contributed by atoms with Crippen LogP contribution in [-0.4, -0.2) is 40.1 Å². The summed E-state index contributed by atoms with van der Waals surface area (Å²) in [7, 11) is 0. The van der Waals surface area contributed by atoms with Gasteiger partial charge in [-0.25, -0.2) is 4.79 Å². The molecule has 1 fully saturated rings. The molecule has 1 aromatic carbocycles. The summed E-state index contributed by atoms with van der Waals surface area (Å²) in [5, 5.41) is 4.88. The number of piperidine rings is 1. The molecule has 3 aromatic rings. The Labute approximate surface area is 173 Å². The van der Waals surface area contributed by atoms with Gasteiger partial charge < -0.3 is 18.6 Å². The zero-order valence-corrected chi connectivity index (χ0v) is 17.4. The van der Waals surface area contributed by atoms with Crippen molar-refractivity contribution in [1.82, 2.24) is 15.0 Å². The van der Waals surface area contributed by atoms with Gasteiger partial charge in [-0.15, -0.1) is 0 Å². The Balaban J connectivity index is 1.40. The van der Waals surface area contributed by atoms with Gasteiger partial charge in [0.05, 0.1) is 0 Å². The fourth-order valence-electron chi connectivity index (χ4n) is 3.93. The third-order valence-electron chi connectivity index (χ3n) is 5.56. The highest BCUT2D eigenvalue weighted by molar-refractivity contribution is 5.83. The number of fused-ring (bicyclic) bond motifs is 1. The first kappa shape index (κ1) is 20.1. The van der Waals surface area contributed by atoms with Crippen LogP contribution in [0.15, 0.2) is 38.0 Å². The molecule has 4 rings (SSSR count). The Hall–Kier alpha value is -3.16. The van der Waals surface area contributed by atoms with Gasteiger partial charge in [0.1, 0.15) is 11.3 Å². The average molecular weight is 411 g/mol. The van der Waals surface area contributed by atoms with Crippen LogP contribution in [0.3, 0.4) is 0 Å². The number of benzene rings is 1. The molecule has 0 saturated carbocycles. The SMILES string of the molecule is CCc1cc(=O)oc2cc(OC(C)C(=O)N3CCC(c4noc(C)n4)CC3)ccc12. The van der Waals surface area contributed by atoms with Crippen LogP contribution in [-0.2, 0) is 11.2 Å². The van der Waals surface area contributed by atoms with Gasteiger partial charge in [-0.05, 0) is 43.9 Å². The first-order chi connectivity index (χ1) is 14.4. The normalized spacial score (nSPS) is 16.0. The quantitative estimate of drug-likeness (QED) is 0.595. The molecule has 1 amide bonds. The predicted octanol–water partition coefficient (Wildman–Crippen LogP) is 3.22. The number of likely N-dealkylation sites (tertiary alicyclic amines) is 1. The Bertz CT molecular complexity index is 1110. The lowest BCUT2D eigenvalue weighted by atomic mass is 9.96. The smallest absolute Gasteiger partial charge is 0.336 e. The Morgan fingerprint density at radius 3 is 2.73 bits per heavy atom. The van der Waals surface area contributed by atoms with Crippen LogP contribution in [0.25, 0.3) is 11.0 Å². The lowest BCUT2D eigenvalue weighted by Crippen LogP contribution is -2.44. The topological polar surface area (TPSA) is 98.7 Å². The molecule has 30 heavy (non-hydrogen) atoms. The Morgan fingerprint density at radius 1 is 1.30 bits per heavy atom. The first-order valence-corrected chi connectivity index (χ1v) is 10.3. The van der Waals surface area contributed by atoms with Crippen molar-refractivity contribution in [3.63, 3.8) is 0 Å². The van der Waals surface area contributed by atoms with E-state index in [0.717, 1.165) is 30.2 Å². The zero-order chi connectivity index (χ0) is 21.3. The summed E-state index contributed by atoms with van der Waals surface area (Å²) < 4.78 is 16.2. The number of carbonyl (C=O) groups is 1. The number of nitrogens with zero attached hydrogens (tertiary/aromatic N) is 3. The summed E-state index contributed by atoms with van der Waals surface area (Å²) >= 11 is 0. The minimum Gasteiger partial charge on any atom is -0.481 e. The van der Waals surface area contributed by atoms with Crippen molar-refractivity contribution < 1.29 is 18.5 Å². The molecule has 3 heterocycles. The highest BCUT2D eigenvalue weighted by Gasteiger charge is 2.29. The van der Waals surface area contributed by atoms with Gasteiger partial charge in [-0.2, -0.15) is 4.98 Å². The van der Waals surface area contributed by atoms with E-state index in [0.29, 0.717) is 36.1 Å². The van der Waals surface area contributed by atoms with Gasteiger partial charge >= 0.3 is 5.63 Å². The number of ether oxygens (including phenoxy) is 1. The highest BCUT2D eigenvalue weighted by Crippen LogP contribution is 2.27. The number of amides is 1. The Kier molecular flexibility index (Phi) is 5.57. The molecule has 0 spiro atoms. The molecule has 1 atom stereocenters. The zero-order valence-electron chi connectivity index (χ0n) is 17.4. The van der Waals surface area contributed by atoms with E-state index in [9.17, 15) is 9.59 Å². The summed E-state index contributed by atoms with van der Waals surface area (Å²) in [6.07, 6.45) is 1.67. The van der Waals surface area contributed by atoms with Crippen LogP contribution in [0.1, 0.15) is 49.9 Å². The maximum absolute atomic E-state index is 12.8. The summed E-state index contributed by atoms with van der Waals surface area (Å²) in [6, 6.07) is 6.84. The van der Waals surface area contributed by atoms with Gasteiger partial charge in [-0.3, -0.25) is 4.79 Å². The van der Waals surface area contributed by atoms with Crippen molar-refractivity contribution >= 4 is 16.9 Å². The number of aromatic nitrogens is 2. The fourth-order valence-corrected chi connectivity index (χ4v) is 3.93. The molecule has 0 N–H and O–H groups in total. The van der Waals surface area contributed by atoms with Crippen molar-refractivity contribution in [2.45, 2.75) is 52.1 Å². The van der Waals surface area contributed by atoms with Crippen LogP contribution in [0.2, 0.25) is 0 Å².